The number of benzene rings is 1. The van der Waals surface area contributed by atoms with E-state index in [0.717, 1.165) is 18.8 Å². The molecule has 9 heteroatoms. The summed E-state index contributed by atoms with van der Waals surface area (Å²) in [5, 5.41) is 7.33. The lowest BCUT2D eigenvalue weighted by Gasteiger charge is -2.31. The Morgan fingerprint density at radius 1 is 1.12 bits per heavy atom. The average molecular weight is 452 g/mol. The van der Waals surface area contributed by atoms with Gasteiger partial charge in [-0.25, -0.2) is 9.67 Å². The quantitative estimate of drug-likeness (QED) is 0.561. The molecule has 1 saturated heterocycles. The number of carbonyl (C=O) groups is 1. The third-order valence-electron chi connectivity index (χ3n) is 5.38. The van der Waals surface area contributed by atoms with E-state index in [-0.39, 0.29) is 5.91 Å². The molecule has 2 aromatic heterocycles. The third-order valence-corrected chi connectivity index (χ3v) is 5.38. The van der Waals surface area contributed by atoms with Crippen molar-refractivity contribution in [3.8, 4) is 17.3 Å². The summed E-state index contributed by atoms with van der Waals surface area (Å²) < 4.78 is 18.9. The molecule has 3 aromatic rings. The van der Waals surface area contributed by atoms with Gasteiger partial charge in [-0.1, -0.05) is 6.07 Å². The number of nitrogens with zero attached hydrogens (tertiary/aromatic N) is 4. The summed E-state index contributed by atoms with van der Waals surface area (Å²) in [5.41, 5.74) is 2.63. The second kappa shape index (κ2) is 10.4. The molecule has 0 atom stereocenters. The van der Waals surface area contributed by atoms with Crippen LogP contribution in [0, 0.1) is 6.92 Å². The van der Waals surface area contributed by atoms with E-state index >= 15 is 0 Å². The van der Waals surface area contributed by atoms with E-state index in [2.05, 4.69) is 20.3 Å². The highest BCUT2D eigenvalue weighted by Gasteiger charge is 2.22. The summed E-state index contributed by atoms with van der Waals surface area (Å²) in [7, 11) is 0. The van der Waals surface area contributed by atoms with Gasteiger partial charge >= 0.3 is 0 Å². The summed E-state index contributed by atoms with van der Waals surface area (Å²) in [6, 6.07) is 9.31. The number of amides is 1. The van der Waals surface area contributed by atoms with Crippen molar-refractivity contribution >= 4 is 17.3 Å². The SMILES string of the molecule is CCOc1cc(N2CCOCC2)c(OCC)cc1NC(=O)c1cnn(-c2ccccn2)c1C. The summed E-state index contributed by atoms with van der Waals surface area (Å²) in [5.74, 6) is 1.65. The van der Waals surface area contributed by atoms with E-state index < -0.39 is 0 Å². The second-order valence-corrected chi connectivity index (χ2v) is 7.48. The summed E-state index contributed by atoms with van der Waals surface area (Å²) in [6.45, 7) is 9.52. The van der Waals surface area contributed by atoms with E-state index in [1.165, 1.54) is 0 Å². The van der Waals surface area contributed by atoms with Crippen LogP contribution in [0.3, 0.4) is 0 Å². The molecule has 174 valence electrons. The molecule has 9 nitrogen and oxygen atoms in total. The van der Waals surface area contributed by atoms with Crippen LogP contribution in [0.15, 0.2) is 42.7 Å². The van der Waals surface area contributed by atoms with Gasteiger partial charge in [-0.05, 0) is 32.9 Å². The Bertz CT molecular complexity index is 1090. The molecule has 0 spiro atoms. The van der Waals surface area contributed by atoms with Crippen LogP contribution in [0.1, 0.15) is 29.9 Å². The Labute approximate surface area is 193 Å². The Balaban J connectivity index is 1.65. The first-order valence-corrected chi connectivity index (χ1v) is 11.2. The van der Waals surface area contributed by atoms with Crippen molar-refractivity contribution in [3.63, 3.8) is 0 Å². The van der Waals surface area contributed by atoms with Crippen molar-refractivity contribution in [1.82, 2.24) is 14.8 Å². The lowest BCUT2D eigenvalue weighted by Crippen LogP contribution is -2.36. The number of nitrogens with one attached hydrogen (secondary N) is 1. The molecule has 33 heavy (non-hydrogen) atoms. The van der Waals surface area contributed by atoms with Crippen molar-refractivity contribution in [2.75, 3.05) is 49.7 Å². The molecule has 3 heterocycles. The molecule has 0 saturated carbocycles. The van der Waals surface area contributed by atoms with Crippen molar-refractivity contribution < 1.29 is 19.0 Å². The zero-order valence-electron chi connectivity index (χ0n) is 19.2. The lowest BCUT2D eigenvalue weighted by molar-refractivity contribution is 0.102. The fourth-order valence-corrected chi connectivity index (χ4v) is 3.78. The van der Waals surface area contributed by atoms with Crippen LogP contribution in [0.4, 0.5) is 11.4 Å². The van der Waals surface area contributed by atoms with Gasteiger partial charge in [-0.2, -0.15) is 5.10 Å². The first kappa shape index (κ1) is 22.6. The van der Waals surface area contributed by atoms with Crippen molar-refractivity contribution in [2.45, 2.75) is 20.8 Å². The normalized spacial score (nSPS) is 13.6. The molecular formula is C24H29N5O4. The number of carbonyl (C=O) groups excluding carboxylic acids is 1. The topological polar surface area (TPSA) is 90.7 Å². The van der Waals surface area contributed by atoms with E-state index in [9.17, 15) is 4.79 Å². The fourth-order valence-electron chi connectivity index (χ4n) is 3.78. The summed E-state index contributed by atoms with van der Waals surface area (Å²) in [6.07, 6.45) is 3.24. The van der Waals surface area contributed by atoms with Gasteiger partial charge in [0.1, 0.15) is 11.5 Å². The number of ether oxygens (including phenoxy) is 3. The number of pyridine rings is 1. The van der Waals surface area contributed by atoms with Gasteiger partial charge in [0, 0.05) is 31.4 Å². The maximum Gasteiger partial charge on any atom is 0.259 e. The molecule has 1 aliphatic rings. The molecule has 0 aliphatic carbocycles. The van der Waals surface area contributed by atoms with Gasteiger partial charge in [-0.3, -0.25) is 4.79 Å². The smallest absolute Gasteiger partial charge is 0.259 e. The standard InChI is InChI=1S/C24H29N5O4/c1-4-32-21-15-20(28-10-12-31-13-11-28)22(33-5-2)14-19(21)27-24(30)18-16-26-29(17(18)3)23-8-6-7-9-25-23/h6-9,14-16H,4-5,10-13H2,1-3H3,(H,27,30). The molecule has 1 fully saturated rings. The first-order chi connectivity index (χ1) is 16.1. The van der Waals surface area contributed by atoms with E-state index in [0.29, 0.717) is 60.7 Å². The van der Waals surface area contributed by atoms with Crippen LogP contribution in [-0.4, -0.2) is 60.2 Å². The molecule has 0 bridgehead atoms. The van der Waals surface area contributed by atoms with Crippen LogP contribution in [0.2, 0.25) is 0 Å². The van der Waals surface area contributed by atoms with Crippen molar-refractivity contribution in [3.05, 3.63) is 54.0 Å². The molecule has 1 aromatic carbocycles. The minimum atomic E-state index is -0.280. The highest BCUT2D eigenvalue weighted by molar-refractivity contribution is 6.06. The number of aromatic nitrogens is 3. The van der Waals surface area contributed by atoms with Gasteiger partial charge in [0.25, 0.3) is 5.91 Å². The second-order valence-electron chi connectivity index (χ2n) is 7.48. The Morgan fingerprint density at radius 3 is 2.58 bits per heavy atom. The van der Waals surface area contributed by atoms with Crippen LogP contribution < -0.4 is 19.7 Å². The molecule has 1 N–H and O–H groups in total. The van der Waals surface area contributed by atoms with E-state index in [4.69, 9.17) is 14.2 Å². The van der Waals surface area contributed by atoms with Gasteiger partial charge in [0.2, 0.25) is 0 Å². The van der Waals surface area contributed by atoms with E-state index in [1.54, 1.807) is 17.1 Å². The highest BCUT2D eigenvalue weighted by Crippen LogP contribution is 2.39. The summed E-state index contributed by atoms with van der Waals surface area (Å²) >= 11 is 0. The number of hydrogen-bond acceptors (Lipinski definition) is 7. The van der Waals surface area contributed by atoms with Crippen LogP contribution in [-0.2, 0) is 4.74 Å². The lowest BCUT2D eigenvalue weighted by atomic mass is 10.2. The number of morpholine rings is 1. The maximum atomic E-state index is 13.2. The van der Waals surface area contributed by atoms with E-state index in [1.807, 2.05) is 51.1 Å². The first-order valence-electron chi connectivity index (χ1n) is 11.2. The highest BCUT2D eigenvalue weighted by atomic mass is 16.5. The number of anilines is 2. The maximum absolute atomic E-state index is 13.2. The monoisotopic (exact) mass is 451 g/mol. The molecule has 0 unspecified atom stereocenters. The van der Waals surface area contributed by atoms with Gasteiger partial charge in [0.05, 0.1) is 55.3 Å². The Kier molecular flexibility index (Phi) is 7.09. The number of hydrogen-bond donors (Lipinski definition) is 1. The Hall–Kier alpha value is -3.59. The minimum Gasteiger partial charge on any atom is -0.492 e. The van der Waals surface area contributed by atoms with Crippen LogP contribution in [0.25, 0.3) is 5.82 Å². The molecule has 1 amide bonds. The van der Waals surface area contributed by atoms with Crippen LogP contribution in [0.5, 0.6) is 11.5 Å². The molecule has 0 radical (unpaired) electrons. The average Bonchev–Trinajstić information content (AvgIpc) is 3.23. The number of rotatable bonds is 8. The van der Waals surface area contributed by atoms with Crippen molar-refractivity contribution in [2.24, 2.45) is 0 Å². The van der Waals surface area contributed by atoms with Crippen molar-refractivity contribution in [1.29, 1.82) is 0 Å². The zero-order valence-corrected chi connectivity index (χ0v) is 19.2. The van der Waals surface area contributed by atoms with Gasteiger partial charge in [-0.15, -0.1) is 0 Å². The van der Waals surface area contributed by atoms with Crippen LogP contribution >= 0.6 is 0 Å². The molecule has 4 rings (SSSR count). The minimum absolute atomic E-state index is 0.280. The summed E-state index contributed by atoms with van der Waals surface area (Å²) in [4.78, 5) is 19.7. The fraction of sp³-hybridized carbons (Fsp3) is 0.375. The third kappa shape index (κ3) is 4.93. The molecule has 1 aliphatic heterocycles. The van der Waals surface area contributed by atoms with Gasteiger partial charge < -0.3 is 24.4 Å². The Morgan fingerprint density at radius 2 is 1.88 bits per heavy atom. The predicted octanol–water partition coefficient (Wildman–Crippen LogP) is 3.46. The predicted molar refractivity (Wildman–Crippen MR) is 126 cm³/mol. The largest absolute Gasteiger partial charge is 0.492 e. The zero-order chi connectivity index (χ0) is 23.2. The molecular weight excluding hydrogens is 422 g/mol. The van der Waals surface area contributed by atoms with Gasteiger partial charge in [0.15, 0.2) is 5.82 Å².